The summed E-state index contributed by atoms with van der Waals surface area (Å²) in [6, 6.07) is 122. The Bertz CT molecular complexity index is 5350. The second kappa shape index (κ2) is 28.1. The number of hydrogen-bond acceptors (Lipinski definition) is 5. The Kier molecular flexibility index (Phi) is 17.1. The van der Waals surface area contributed by atoms with Crippen molar-refractivity contribution in [1.29, 1.82) is 0 Å². The van der Waals surface area contributed by atoms with Crippen LogP contribution in [0.5, 0.6) is 0 Å². The van der Waals surface area contributed by atoms with Crippen molar-refractivity contribution in [3.05, 3.63) is 396 Å². The Balaban J connectivity index is 0.742. The minimum atomic E-state index is 1.07. The number of nitrogens with zero attached hydrogens (tertiary/aromatic N) is 5. The fourth-order valence-electron chi connectivity index (χ4n) is 14.0. The lowest BCUT2D eigenvalue weighted by Crippen LogP contribution is -1.90. The fraction of sp³-hybridized carbons (Fsp3) is 0. The summed E-state index contributed by atoms with van der Waals surface area (Å²) in [5.41, 5.74) is 35.7. The van der Waals surface area contributed by atoms with Crippen molar-refractivity contribution in [3.63, 3.8) is 0 Å². The van der Waals surface area contributed by atoms with Gasteiger partial charge in [0.05, 0.1) is 0 Å². The van der Waals surface area contributed by atoms with Crippen LogP contribution < -0.4 is 0 Å². The number of benzene rings is 12. The number of hydrogen-bond donors (Lipinski definition) is 0. The van der Waals surface area contributed by atoms with Crippen LogP contribution in [-0.4, -0.2) is 24.9 Å². The Hall–Kier alpha value is -13.6. The molecule has 0 spiro atoms. The van der Waals surface area contributed by atoms with E-state index in [1.165, 1.54) is 0 Å². The van der Waals surface area contributed by atoms with E-state index in [9.17, 15) is 0 Å². The first-order chi connectivity index (χ1) is 50.5. The largest absolute Gasteiger partial charge is 0.264 e. The molecule has 5 nitrogen and oxygen atoms in total. The third-order valence-electron chi connectivity index (χ3n) is 19.2. The highest BCUT2D eigenvalue weighted by Crippen LogP contribution is 2.42. The van der Waals surface area contributed by atoms with Crippen LogP contribution in [0, 0.1) is 0 Å². The van der Waals surface area contributed by atoms with Crippen LogP contribution >= 0.6 is 0 Å². The Morgan fingerprint density at radius 3 is 0.314 bits per heavy atom. The summed E-state index contributed by atoms with van der Waals surface area (Å²) in [5, 5.41) is 0. The number of aromatic nitrogens is 5. The van der Waals surface area contributed by atoms with Gasteiger partial charge in [0, 0.05) is 89.8 Å². The first-order valence-electron chi connectivity index (χ1n) is 34.4. The van der Waals surface area contributed by atoms with Crippen LogP contribution in [0.1, 0.15) is 0 Å². The first kappa shape index (κ1) is 61.9. The molecule has 478 valence electrons. The molecule has 0 N–H and O–H groups in total. The average molecular weight is 1300 g/mol. The highest BCUT2D eigenvalue weighted by atomic mass is 14.6. The zero-order chi connectivity index (χ0) is 68.0. The van der Waals surface area contributed by atoms with Gasteiger partial charge in [-0.3, -0.25) is 24.9 Å². The summed E-state index contributed by atoms with van der Waals surface area (Å²) >= 11 is 0. The number of rotatable bonds is 16. The topological polar surface area (TPSA) is 64.5 Å². The van der Waals surface area contributed by atoms with Crippen molar-refractivity contribution >= 4 is 0 Å². The molecule has 0 aliphatic carbocycles. The minimum Gasteiger partial charge on any atom is -0.264 e. The van der Waals surface area contributed by atoms with Crippen LogP contribution in [0.2, 0.25) is 0 Å². The van der Waals surface area contributed by atoms with E-state index >= 15 is 0 Å². The van der Waals surface area contributed by atoms with Gasteiger partial charge < -0.3 is 0 Å². The molecule has 5 aromatic heterocycles. The lowest BCUT2D eigenvalue weighted by molar-refractivity contribution is 1.33. The standard InChI is InChI=1S/C97H65N5/c1-15-66(68-17-3-26-77(45-68)91-55-94(80-29-6-20-71(48-80)85-34-11-39-99-62-85)59-95(56-91)81-30-7-21-72(49-81)86-35-12-40-100-63-86)43-75(24-1)89-52-90(54-93(53-89)79-28-5-19-70(47-79)84-33-10-38-98-61-84)76-25-2-16-67(44-76)69-18-4-27-78(46-69)92-57-96(82-31-8-22-73(50-82)87-36-13-41-101-64-87)60-97(58-92)83-32-9-23-74(51-83)88-37-14-42-102-65-88/h1-65H. The van der Waals surface area contributed by atoms with Crippen molar-refractivity contribution in [1.82, 2.24) is 24.9 Å². The van der Waals surface area contributed by atoms with Gasteiger partial charge in [0.2, 0.25) is 0 Å². The first-order valence-corrected chi connectivity index (χ1v) is 34.4. The van der Waals surface area contributed by atoms with Gasteiger partial charge in [-0.15, -0.1) is 0 Å². The molecule has 0 bridgehead atoms. The maximum absolute atomic E-state index is 4.49. The van der Waals surface area contributed by atoms with Gasteiger partial charge in [0.15, 0.2) is 0 Å². The molecule has 0 radical (unpaired) electrons. The monoisotopic (exact) mass is 1300 g/mol. The molecule has 0 amide bonds. The molecule has 0 fully saturated rings. The lowest BCUT2D eigenvalue weighted by atomic mass is 9.89. The smallest absolute Gasteiger partial charge is 0.0346 e. The zero-order valence-corrected chi connectivity index (χ0v) is 55.8. The van der Waals surface area contributed by atoms with Gasteiger partial charge >= 0.3 is 0 Å². The fourth-order valence-corrected chi connectivity index (χ4v) is 14.0. The molecule has 0 saturated carbocycles. The zero-order valence-electron chi connectivity index (χ0n) is 55.8. The van der Waals surface area contributed by atoms with Crippen molar-refractivity contribution in [2.45, 2.75) is 0 Å². The molecule has 5 heteroatoms. The maximum atomic E-state index is 4.49. The van der Waals surface area contributed by atoms with Crippen molar-refractivity contribution in [2.75, 3.05) is 0 Å². The lowest BCUT2D eigenvalue weighted by Gasteiger charge is -2.15. The van der Waals surface area contributed by atoms with Crippen LogP contribution in [0.25, 0.3) is 178 Å². The summed E-state index contributed by atoms with van der Waals surface area (Å²) in [5.74, 6) is 0. The Morgan fingerprint density at radius 1 is 0.0980 bits per heavy atom. The molecule has 12 aromatic carbocycles. The van der Waals surface area contributed by atoms with Crippen LogP contribution in [0.3, 0.4) is 0 Å². The second-order valence-electron chi connectivity index (χ2n) is 25.8. The maximum Gasteiger partial charge on any atom is 0.0346 e. The van der Waals surface area contributed by atoms with Crippen molar-refractivity contribution in [2.24, 2.45) is 0 Å². The van der Waals surface area contributed by atoms with Gasteiger partial charge in [-0.1, -0.05) is 194 Å². The molecule has 0 aliphatic heterocycles. The van der Waals surface area contributed by atoms with E-state index in [-0.39, 0.29) is 0 Å². The van der Waals surface area contributed by atoms with E-state index in [0.717, 1.165) is 178 Å². The second-order valence-corrected chi connectivity index (χ2v) is 25.8. The summed E-state index contributed by atoms with van der Waals surface area (Å²) in [6.07, 6.45) is 18.8. The summed E-state index contributed by atoms with van der Waals surface area (Å²) < 4.78 is 0. The molecule has 0 saturated heterocycles. The molecule has 0 unspecified atom stereocenters. The van der Waals surface area contributed by atoms with E-state index in [4.69, 9.17) is 0 Å². The SMILES string of the molecule is c1cncc(-c2cccc(-c3cc(-c4cccc(-c5cccnc5)c4)cc(-c4cccc(-c5cccc(-c6cc(-c7cccc(-c8cccnc8)c7)cc(-c7cccc(-c8cccc(-c9cc(-c%10cccc(-c%11cccnc%11)c%10)cc(-c%10cccc(-c%11cccnc%11)c%10)c9)c8)c7)c6)c5)c4)c3)c2)c1. The summed E-state index contributed by atoms with van der Waals surface area (Å²) in [6.45, 7) is 0. The summed E-state index contributed by atoms with van der Waals surface area (Å²) in [7, 11) is 0. The van der Waals surface area contributed by atoms with E-state index in [1.54, 1.807) is 0 Å². The molecule has 0 aliphatic rings. The predicted molar refractivity (Wildman–Crippen MR) is 422 cm³/mol. The van der Waals surface area contributed by atoms with E-state index in [1.807, 2.05) is 92.3 Å². The molecule has 17 rings (SSSR count). The third-order valence-corrected chi connectivity index (χ3v) is 19.2. The molecule has 17 aromatic rings. The van der Waals surface area contributed by atoms with Gasteiger partial charge in [0.1, 0.15) is 0 Å². The highest BCUT2D eigenvalue weighted by molar-refractivity contribution is 5.90. The van der Waals surface area contributed by atoms with Gasteiger partial charge in [-0.2, -0.15) is 0 Å². The van der Waals surface area contributed by atoms with E-state index < -0.39 is 0 Å². The highest BCUT2D eigenvalue weighted by Gasteiger charge is 2.17. The number of pyridine rings is 5. The molecule has 102 heavy (non-hydrogen) atoms. The van der Waals surface area contributed by atoms with Gasteiger partial charge in [0.25, 0.3) is 0 Å². The molecule has 5 heterocycles. The molecule has 0 atom stereocenters. The van der Waals surface area contributed by atoms with E-state index in [2.05, 4.69) is 328 Å². The normalized spacial score (nSPS) is 11.1. The quantitative estimate of drug-likeness (QED) is 0.0965. The molecular weight excluding hydrogens is 1240 g/mol. The van der Waals surface area contributed by atoms with E-state index in [0.29, 0.717) is 0 Å². The average Bonchev–Trinajstić information content (AvgIpc) is 0.794. The molecular formula is C97H65N5. The Labute approximate surface area is 594 Å². The minimum absolute atomic E-state index is 1.07. The third kappa shape index (κ3) is 13.5. The Morgan fingerprint density at radius 2 is 0.196 bits per heavy atom. The van der Waals surface area contributed by atoms with Gasteiger partial charge in [-0.05, 0) is 290 Å². The van der Waals surface area contributed by atoms with Crippen molar-refractivity contribution in [3.8, 4) is 178 Å². The van der Waals surface area contributed by atoms with Crippen LogP contribution in [0.15, 0.2) is 396 Å². The van der Waals surface area contributed by atoms with Crippen LogP contribution in [-0.2, 0) is 0 Å². The predicted octanol–water partition coefficient (Wildman–Crippen LogP) is 25.3. The van der Waals surface area contributed by atoms with Crippen LogP contribution in [0.4, 0.5) is 0 Å². The van der Waals surface area contributed by atoms with Gasteiger partial charge in [-0.25, -0.2) is 0 Å². The van der Waals surface area contributed by atoms with Crippen molar-refractivity contribution < 1.29 is 0 Å². The summed E-state index contributed by atoms with van der Waals surface area (Å²) in [4.78, 5) is 22.3.